The number of carbonyl (C=O) groups is 1. The Morgan fingerprint density at radius 3 is 2.67 bits per heavy atom. The summed E-state index contributed by atoms with van der Waals surface area (Å²) in [7, 11) is 0. The minimum atomic E-state index is -1.12. The minimum Gasteiger partial charge on any atom is -0.478 e. The molecule has 0 aliphatic heterocycles. The number of hydrogen-bond acceptors (Lipinski definition) is 2. The Labute approximate surface area is 122 Å². The van der Waals surface area contributed by atoms with E-state index in [9.17, 15) is 13.6 Å². The van der Waals surface area contributed by atoms with Gasteiger partial charge in [0.2, 0.25) is 0 Å². The van der Waals surface area contributed by atoms with Crippen molar-refractivity contribution in [3.8, 4) is 5.69 Å². The smallest absolute Gasteiger partial charge is 0.335 e. The summed E-state index contributed by atoms with van der Waals surface area (Å²) in [4.78, 5) is 15.1. The molecule has 0 radical (unpaired) electrons. The first-order valence-electron chi connectivity index (χ1n) is 5.82. The van der Waals surface area contributed by atoms with Gasteiger partial charge >= 0.3 is 5.97 Å². The van der Waals surface area contributed by atoms with Crippen molar-refractivity contribution in [2.24, 2.45) is 0 Å². The van der Waals surface area contributed by atoms with E-state index in [0.29, 0.717) is 17.1 Å². The summed E-state index contributed by atoms with van der Waals surface area (Å²) < 4.78 is 28.4. The number of aromatic carboxylic acids is 1. The highest BCUT2D eigenvalue weighted by molar-refractivity contribution is 6.32. The number of hydrogen-bond donors (Lipinski definition) is 1. The maximum Gasteiger partial charge on any atom is 0.335 e. The van der Waals surface area contributed by atoms with Crippen LogP contribution < -0.4 is 0 Å². The molecule has 0 bridgehead atoms. The fraction of sp³-hybridized carbons (Fsp3) is 0. The highest BCUT2D eigenvalue weighted by Crippen LogP contribution is 2.28. The molecule has 21 heavy (non-hydrogen) atoms. The number of rotatable bonds is 2. The van der Waals surface area contributed by atoms with Crippen molar-refractivity contribution in [2.45, 2.75) is 0 Å². The van der Waals surface area contributed by atoms with Gasteiger partial charge in [0.25, 0.3) is 0 Å². The summed E-state index contributed by atoms with van der Waals surface area (Å²) in [5.74, 6) is -2.77. The quantitative estimate of drug-likeness (QED) is 0.786. The summed E-state index contributed by atoms with van der Waals surface area (Å²) in [6.45, 7) is 0. The number of halogens is 3. The van der Waals surface area contributed by atoms with E-state index >= 15 is 0 Å². The molecule has 0 saturated heterocycles. The second kappa shape index (κ2) is 4.82. The maximum atomic E-state index is 14.0. The van der Waals surface area contributed by atoms with E-state index in [1.54, 1.807) is 0 Å². The van der Waals surface area contributed by atoms with Crippen molar-refractivity contribution < 1.29 is 18.7 Å². The molecule has 3 rings (SSSR count). The third kappa shape index (κ3) is 2.23. The monoisotopic (exact) mass is 308 g/mol. The molecular formula is C14H7ClF2N2O2. The van der Waals surface area contributed by atoms with Crippen LogP contribution in [0.3, 0.4) is 0 Å². The molecule has 0 atom stereocenters. The molecule has 4 nitrogen and oxygen atoms in total. The molecule has 0 unspecified atom stereocenters. The standard InChI is InChI=1S/C14H7ClF2N2O2/c15-9-4-8(16)5-10(17)13(9)19-6-18-11-2-1-7(14(20)21)3-12(11)19/h1-6H,(H,20,21). The predicted molar refractivity (Wildman–Crippen MR) is 73.0 cm³/mol. The Morgan fingerprint density at radius 2 is 2.00 bits per heavy atom. The summed E-state index contributed by atoms with van der Waals surface area (Å²) >= 11 is 5.88. The number of nitrogens with zero attached hydrogens (tertiary/aromatic N) is 2. The molecule has 0 fully saturated rings. The Bertz CT molecular complexity index is 854. The SMILES string of the molecule is O=C(O)c1ccc2ncn(-c3c(F)cc(F)cc3Cl)c2c1. The second-order valence-electron chi connectivity index (χ2n) is 4.34. The Balaban J connectivity index is 2.30. The average Bonchev–Trinajstić information content (AvgIpc) is 2.80. The largest absolute Gasteiger partial charge is 0.478 e. The Kier molecular flexibility index (Phi) is 3.10. The molecule has 1 heterocycles. The van der Waals surface area contributed by atoms with Crippen LogP contribution >= 0.6 is 11.6 Å². The van der Waals surface area contributed by atoms with Crippen LogP contribution in [0.5, 0.6) is 0 Å². The van der Waals surface area contributed by atoms with Gasteiger partial charge in [-0.2, -0.15) is 0 Å². The highest BCUT2D eigenvalue weighted by Gasteiger charge is 2.16. The number of imidazole rings is 1. The number of carboxylic acid groups (broad SMARTS) is 1. The Hall–Kier alpha value is -2.47. The third-order valence-electron chi connectivity index (χ3n) is 3.02. The first-order valence-corrected chi connectivity index (χ1v) is 6.20. The van der Waals surface area contributed by atoms with Gasteiger partial charge in [-0.1, -0.05) is 11.6 Å². The van der Waals surface area contributed by atoms with Crippen LogP contribution in [-0.4, -0.2) is 20.6 Å². The van der Waals surface area contributed by atoms with Crippen LogP contribution in [0.1, 0.15) is 10.4 Å². The summed E-state index contributed by atoms with van der Waals surface area (Å²) in [5, 5.41) is 8.88. The van der Waals surface area contributed by atoms with E-state index in [2.05, 4.69) is 4.98 Å². The second-order valence-corrected chi connectivity index (χ2v) is 4.75. The lowest BCUT2D eigenvalue weighted by Gasteiger charge is -2.08. The average molecular weight is 309 g/mol. The third-order valence-corrected chi connectivity index (χ3v) is 3.30. The van der Waals surface area contributed by atoms with Gasteiger partial charge in [0.15, 0.2) is 5.82 Å². The number of fused-ring (bicyclic) bond motifs is 1. The van der Waals surface area contributed by atoms with Gasteiger partial charge in [0.05, 0.1) is 21.6 Å². The number of benzene rings is 2. The molecule has 3 aromatic rings. The molecule has 7 heteroatoms. The zero-order valence-electron chi connectivity index (χ0n) is 10.3. The van der Waals surface area contributed by atoms with Gasteiger partial charge in [-0.25, -0.2) is 18.6 Å². The molecule has 0 spiro atoms. The van der Waals surface area contributed by atoms with Gasteiger partial charge in [-0.15, -0.1) is 0 Å². The summed E-state index contributed by atoms with van der Waals surface area (Å²) in [5.41, 5.74) is 0.785. The van der Waals surface area contributed by atoms with Crippen LogP contribution in [0, 0.1) is 11.6 Å². The fourth-order valence-corrected chi connectivity index (χ4v) is 2.37. The molecule has 0 amide bonds. The zero-order valence-corrected chi connectivity index (χ0v) is 11.1. The van der Waals surface area contributed by atoms with Crippen molar-refractivity contribution in [1.82, 2.24) is 9.55 Å². The molecule has 0 saturated carbocycles. The van der Waals surface area contributed by atoms with Crippen LogP contribution in [-0.2, 0) is 0 Å². The van der Waals surface area contributed by atoms with Gasteiger partial charge in [-0.3, -0.25) is 4.57 Å². The number of carboxylic acids is 1. The van der Waals surface area contributed by atoms with Crippen LogP contribution in [0.2, 0.25) is 5.02 Å². The topological polar surface area (TPSA) is 55.1 Å². The van der Waals surface area contributed by atoms with E-state index in [-0.39, 0.29) is 16.3 Å². The van der Waals surface area contributed by atoms with Gasteiger partial charge in [0.1, 0.15) is 17.8 Å². The molecular weight excluding hydrogens is 302 g/mol. The van der Waals surface area contributed by atoms with Gasteiger partial charge in [-0.05, 0) is 24.3 Å². The lowest BCUT2D eigenvalue weighted by atomic mass is 10.2. The highest BCUT2D eigenvalue weighted by atomic mass is 35.5. The lowest BCUT2D eigenvalue weighted by Crippen LogP contribution is -2.00. The van der Waals surface area contributed by atoms with E-state index in [4.69, 9.17) is 16.7 Å². The van der Waals surface area contributed by atoms with E-state index in [1.807, 2.05) is 0 Å². The van der Waals surface area contributed by atoms with Crippen LogP contribution in [0.25, 0.3) is 16.7 Å². The van der Waals surface area contributed by atoms with Crippen molar-refractivity contribution in [3.05, 3.63) is 58.9 Å². The van der Waals surface area contributed by atoms with Crippen molar-refractivity contribution in [3.63, 3.8) is 0 Å². The molecule has 1 aromatic heterocycles. The lowest BCUT2D eigenvalue weighted by molar-refractivity contribution is 0.0697. The van der Waals surface area contributed by atoms with Crippen molar-refractivity contribution >= 4 is 28.6 Å². The molecule has 0 aliphatic carbocycles. The van der Waals surface area contributed by atoms with Gasteiger partial charge < -0.3 is 5.11 Å². The first kappa shape index (κ1) is 13.5. The van der Waals surface area contributed by atoms with Crippen molar-refractivity contribution in [2.75, 3.05) is 0 Å². The summed E-state index contributed by atoms with van der Waals surface area (Å²) in [6, 6.07) is 5.93. The molecule has 0 aliphatic rings. The van der Waals surface area contributed by atoms with E-state index in [0.717, 1.165) is 6.07 Å². The summed E-state index contributed by atoms with van der Waals surface area (Å²) in [6.07, 6.45) is 1.30. The maximum absolute atomic E-state index is 14.0. The normalized spacial score (nSPS) is 11.0. The van der Waals surface area contributed by atoms with Crippen LogP contribution in [0.15, 0.2) is 36.7 Å². The zero-order chi connectivity index (χ0) is 15.1. The molecule has 2 aromatic carbocycles. The van der Waals surface area contributed by atoms with E-state index < -0.39 is 17.6 Å². The Morgan fingerprint density at radius 1 is 1.24 bits per heavy atom. The molecule has 106 valence electrons. The fourth-order valence-electron chi connectivity index (χ4n) is 2.08. The number of aromatic nitrogens is 2. The van der Waals surface area contributed by atoms with Gasteiger partial charge in [0, 0.05) is 6.07 Å². The van der Waals surface area contributed by atoms with Crippen molar-refractivity contribution in [1.29, 1.82) is 0 Å². The molecule has 1 N–H and O–H groups in total. The minimum absolute atomic E-state index is 0.0305. The van der Waals surface area contributed by atoms with Crippen LogP contribution in [0.4, 0.5) is 8.78 Å². The predicted octanol–water partition coefficient (Wildman–Crippen LogP) is 3.66. The first-order chi connectivity index (χ1) is 9.97. The van der Waals surface area contributed by atoms with E-state index in [1.165, 1.54) is 29.1 Å².